The summed E-state index contributed by atoms with van der Waals surface area (Å²) in [7, 11) is -2.65. The van der Waals surface area contributed by atoms with Gasteiger partial charge in [0.1, 0.15) is 0 Å². The summed E-state index contributed by atoms with van der Waals surface area (Å²) >= 11 is 0. The molecule has 4 N–H and O–H groups in total. The monoisotopic (exact) mass is 605 g/mol. The van der Waals surface area contributed by atoms with E-state index in [9.17, 15) is 26.4 Å². The molecular weight excluding hydrogens is 578 g/mol. The first kappa shape index (κ1) is 29.5. The third-order valence-electron chi connectivity index (χ3n) is 6.69. The van der Waals surface area contributed by atoms with Crippen molar-refractivity contribution in [2.24, 2.45) is 0 Å². The number of nitrogens with one attached hydrogen (secondary N) is 2. The zero-order chi connectivity index (χ0) is 29.4. The fourth-order valence-electron chi connectivity index (χ4n) is 4.81. The Morgan fingerprint density at radius 1 is 1.02 bits per heavy atom. The second kappa shape index (κ2) is 11.2. The topological polar surface area (TPSA) is 162 Å². The molecule has 0 radical (unpaired) electrons. The highest BCUT2D eigenvalue weighted by Gasteiger charge is 2.27. The first-order valence-electron chi connectivity index (χ1n) is 12.3. The van der Waals surface area contributed by atoms with Crippen molar-refractivity contribution < 1.29 is 31.2 Å². The Kier molecular flexibility index (Phi) is 8.27. The molecule has 0 aliphatic carbocycles. The van der Waals surface area contributed by atoms with Crippen LogP contribution in [0.15, 0.2) is 58.3 Å². The van der Waals surface area contributed by atoms with Gasteiger partial charge in [-0.1, -0.05) is 30.8 Å². The number of unbranched alkanes of at least 4 members (excludes halogenated alkanes) is 1. The molecule has 0 spiro atoms. The number of rotatable bonds is 12. The molecule has 13 heteroatoms. The van der Waals surface area contributed by atoms with E-state index >= 15 is 0 Å². The number of aryl methyl sites for hydroxylation is 1. The summed E-state index contributed by atoms with van der Waals surface area (Å²) in [5.41, 5.74) is 7.49. The van der Waals surface area contributed by atoms with Gasteiger partial charge in [-0.2, -0.15) is 4.72 Å². The van der Waals surface area contributed by atoms with Gasteiger partial charge in [0.25, 0.3) is 15.5 Å². The number of nitrogens with two attached hydrogens (primary N) is 1. The quantitative estimate of drug-likeness (QED) is 0.0414. The van der Waals surface area contributed by atoms with Gasteiger partial charge in [-0.3, -0.25) is 9.59 Å². The van der Waals surface area contributed by atoms with E-state index in [2.05, 4.69) is 16.6 Å². The van der Waals surface area contributed by atoms with Crippen molar-refractivity contribution >= 4 is 80.1 Å². The summed E-state index contributed by atoms with van der Waals surface area (Å²) in [5.74, 6) is -0.279. The van der Waals surface area contributed by atoms with Crippen LogP contribution in [0.3, 0.4) is 0 Å². The Hall–Kier alpha value is -3.45. The second-order valence-electron chi connectivity index (χ2n) is 9.54. The molecule has 0 aliphatic heterocycles. The number of halogens is 1. The largest absolute Gasteiger partial charge is 0.448 e. The van der Waals surface area contributed by atoms with Crippen LogP contribution in [0.1, 0.15) is 31.7 Å². The van der Waals surface area contributed by atoms with Crippen LogP contribution in [0.2, 0.25) is 0 Å². The number of carbonyl (C=O) groups is 2. The highest BCUT2D eigenvalue weighted by atomic mass is 35.7. The van der Waals surface area contributed by atoms with Gasteiger partial charge in [-0.15, -0.1) is 0 Å². The van der Waals surface area contributed by atoms with Gasteiger partial charge < -0.3 is 15.8 Å². The number of nitrogen functional groups attached to an aromatic ring is 1. The molecule has 1 atom stereocenters. The van der Waals surface area contributed by atoms with Gasteiger partial charge in [-0.05, 0) is 61.6 Å². The number of hydrogen-bond donors (Lipinski definition) is 3. The van der Waals surface area contributed by atoms with Crippen molar-refractivity contribution in [2.75, 3.05) is 12.3 Å². The highest BCUT2D eigenvalue weighted by molar-refractivity contribution is 8.14. The van der Waals surface area contributed by atoms with Crippen LogP contribution in [-0.4, -0.2) is 42.0 Å². The Morgan fingerprint density at radius 2 is 1.62 bits per heavy atom. The maximum atomic E-state index is 13.6. The second-order valence-corrected chi connectivity index (χ2v) is 13.8. The van der Waals surface area contributed by atoms with Crippen LogP contribution in [-0.2, 0) is 33.4 Å². The molecule has 4 aromatic rings. The average Bonchev–Trinajstić information content (AvgIpc) is 2.87. The maximum absolute atomic E-state index is 13.6. The van der Waals surface area contributed by atoms with E-state index in [1.54, 1.807) is 38.1 Å². The predicted octanol–water partition coefficient (Wildman–Crippen LogP) is 4.04. The van der Waals surface area contributed by atoms with Crippen LogP contribution < -0.4 is 15.8 Å². The molecule has 40 heavy (non-hydrogen) atoms. The smallest absolute Gasteiger partial charge is 0.294 e. The fraction of sp³-hybridized carbons (Fsp3) is 0.259. The van der Waals surface area contributed by atoms with Gasteiger partial charge in [0, 0.05) is 50.0 Å². The minimum atomic E-state index is -4.28. The van der Waals surface area contributed by atoms with Crippen LogP contribution in [0, 0.1) is 6.92 Å². The lowest BCUT2D eigenvalue weighted by Crippen LogP contribution is -2.37. The third-order valence-corrected chi connectivity index (χ3v) is 9.54. The molecule has 4 rings (SSSR count). The minimum absolute atomic E-state index is 0.0857. The standard InChI is InChI=1S/C27H28ClN3O7S2/c1-15(2)27(33)30-11-5-4-6-24(38-14-32)31-40(36,37)23-13-21(29)18-8-10-19-22(39(28,34)35)12-16(3)17-7-9-20(23)26(18)25(17)19/h7-10,12-14,24,31H,1,4-6,11,29H2,2-3H3,(H,30,33). The predicted molar refractivity (Wildman–Crippen MR) is 155 cm³/mol. The van der Waals surface area contributed by atoms with Gasteiger partial charge in [0.15, 0.2) is 6.23 Å². The lowest BCUT2D eigenvalue weighted by molar-refractivity contribution is -0.134. The SMILES string of the molecule is C=C(C)C(=O)NCCCCC(NS(=O)(=O)c1cc(N)c2ccc3c(S(=O)(=O)Cl)cc(C)c4ccc1c2c43)OC=O. The van der Waals surface area contributed by atoms with Gasteiger partial charge in [0.05, 0.1) is 9.79 Å². The van der Waals surface area contributed by atoms with E-state index < -0.39 is 25.3 Å². The van der Waals surface area contributed by atoms with Gasteiger partial charge in [0.2, 0.25) is 15.9 Å². The highest BCUT2D eigenvalue weighted by Crippen LogP contribution is 2.43. The van der Waals surface area contributed by atoms with Gasteiger partial charge >= 0.3 is 0 Å². The van der Waals surface area contributed by atoms with E-state index in [1.165, 1.54) is 12.1 Å². The number of anilines is 1. The maximum Gasteiger partial charge on any atom is 0.294 e. The Labute approximate surface area is 236 Å². The molecule has 0 saturated heterocycles. The van der Waals surface area contributed by atoms with Crippen molar-refractivity contribution in [3.05, 3.63) is 54.1 Å². The molecule has 10 nitrogen and oxygen atoms in total. The fourth-order valence-corrected chi connectivity index (χ4v) is 7.34. The van der Waals surface area contributed by atoms with Crippen molar-refractivity contribution in [1.82, 2.24) is 10.0 Å². The lowest BCUT2D eigenvalue weighted by atomic mass is 9.91. The number of amides is 1. The molecule has 0 heterocycles. The molecule has 212 valence electrons. The number of hydrogen-bond acceptors (Lipinski definition) is 8. The van der Waals surface area contributed by atoms with E-state index in [1.807, 2.05) is 0 Å². The van der Waals surface area contributed by atoms with E-state index in [0.717, 1.165) is 5.39 Å². The molecule has 1 amide bonds. The molecular formula is C27H28ClN3O7S2. The molecule has 0 bridgehead atoms. The Balaban J connectivity index is 1.74. The molecule has 4 aromatic carbocycles. The Morgan fingerprint density at radius 3 is 2.25 bits per heavy atom. The summed E-state index contributed by atoms with van der Waals surface area (Å²) in [4.78, 5) is 22.5. The summed E-state index contributed by atoms with van der Waals surface area (Å²) in [6, 6.07) is 9.40. The normalized spacial score (nSPS) is 13.1. The van der Waals surface area contributed by atoms with E-state index in [-0.39, 0.29) is 34.3 Å². The van der Waals surface area contributed by atoms with Crippen LogP contribution in [0.25, 0.3) is 32.3 Å². The lowest BCUT2D eigenvalue weighted by Gasteiger charge is -2.20. The van der Waals surface area contributed by atoms with Crippen LogP contribution in [0.5, 0.6) is 0 Å². The summed E-state index contributed by atoms with van der Waals surface area (Å²) in [5, 5.41) is 5.61. The Bertz CT molecular complexity index is 1870. The molecule has 0 aliphatic rings. The van der Waals surface area contributed by atoms with Crippen LogP contribution in [0.4, 0.5) is 5.69 Å². The average molecular weight is 606 g/mol. The minimum Gasteiger partial charge on any atom is -0.448 e. The van der Waals surface area contributed by atoms with Crippen molar-refractivity contribution in [2.45, 2.75) is 49.1 Å². The first-order valence-corrected chi connectivity index (χ1v) is 16.1. The first-order chi connectivity index (χ1) is 18.8. The molecule has 0 aromatic heterocycles. The summed E-state index contributed by atoms with van der Waals surface area (Å²) in [6.07, 6.45) is -0.0730. The van der Waals surface area contributed by atoms with Gasteiger partial charge in [-0.25, -0.2) is 16.8 Å². The summed E-state index contributed by atoms with van der Waals surface area (Å²) < 4.78 is 59.4. The molecule has 1 unspecified atom stereocenters. The number of benzene rings is 4. The van der Waals surface area contributed by atoms with Crippen molar-refractivity contribution in [1.29, 1.82) is 0 Å². The molecule has 0 fully saturated rings. The van der Waals surface area contributed by atoms with Crippen molar-refractivity contribution in [3.8, 4) is 0 Å². The number of carbonyl (C=O) groups excluding carboxylic acids is 2. The van der Waals surface area contributed by atoms with Crippen LogP contribution >= 0.6 is 10.7 Å². The van der Waals surface area contributed by atoms with E-state index in [0.29, 0.717) is 57.5 Å². The van der Waals surface area contributed by atoms with E-state index in [4.69, 9.17) is 21.2 Å². The number of sulfonamides is 1. The number of ether oxygens (including phenoxy) is 1. The van der Waals surface area contributed by atoms with Crippen molar-refractivity contribution in [3.63, 3.8) is 0 Å². The zero-order valence-electron chi connectivity index (χ0n) is 21.8. The third kappa shape index (κ3) is 5.71. The summed E-state index contributed by atoms with van der Waals surface area (Å²) in [6.45, 7) is 7.39. The zero-order valence-corrected chi connectivity index (χ0v) is 24.2. The molecule has 0 saturated carbocycles.